The molecule has 5 nitrogen and oxygen atoms in total. The van der Waals surface area contributed by atoms with Crippen LogP contribution in [0.4, 0.5) is 0 Å². The van der Waals surface area contributed by atoms with Gasteiger partial charge in [-0.15, -0.1) is 0 Å². The van der Waals surface area contributed by atoms with Crippen LogP contribution in [0.5, 0.6) is 0 Å². The molecule has 0 aromatic carbocycles. The summed E-state index contributed by atoms with van der Waals surface area (Å²) in [5, 5.41) is 17.4. The fraction of sp³-hybridized carbons (Fsp3) is 0.700. The van der Waals surface area contributed by atoms with Gasteiger partial charge in [0.2, 0.25) is 0 Å². The Hall–Kier alpha value is -0.910. The van der Waals surface area contributed by atoms with E-state index in [1.54, 1.807) is 0 Å². The van der Waals surface area contributed by atoms with E-state index in [9.17, 15) is 4.79 Å². The van der Waals surface area contributed by atoms with Crippen molar-refractivity contribution >= 4 is 5.97 Å². The average molecular weight is 214 g/mol. The Morgan fingerprint density at radius 3 is 2.20 bits per heavy atom. The first-order chi connectivity index (χ1) is 7.13. The molecule has 0 unspecified atom stereocenters. The molecule has 1 heterocycles. The number of rotatable bonds is 5. The average Bonchev–Trinajstić information content (AvgIpc) is 2.21. The molecule has 1 saturated heterocycles. The number of aliphatic carboxylic acids is 1. The SMILES string of the molecule is C=C(CN1CCN(CCO)CC1)C(=O)O. The highest BCUT2D eigenvalue weighted by molar-refractivity contribution is 5.86. The van der Waals surface area contributed by atoms with Crippen LogP contribution in [0.3, 0.4) is 0 Å². The molecule has 1 rings (SSSR count). The van der Waals surface area contributed by atoms with E-state index < -0.39 is 5.97 Å². The first kappa shape index (κ1) is 12.2. The maximum atomic E-state index is 10.6. The fourth-order valence-corrected chi connectivity index (χ4v) is 1.65. The van der Waals surface area contributed by atoms with Crippen molar-refractivity contribution in [3.8, 4) is 0 Å². The van der Waals surface area contributed by atoms with E-state index in [0.717, 1.165) is 26.2 Å². The number of carbonyl (C=O) groups is 1. The lowest BCUT2D eigenvalue weighted by Gasteiger charge is -2.34. The van der Waals surface area contributed by atoms with Crippen LogP contribution in [-0.2, 0) is 4.79 Å². The van der Waals surface area contributed by atoms with Gasteiger partial charge in [-0.05, 0) is 0 Å². The van der Waals surface area contributed by atoms with Crippen LogP contribution in [-0.4, -0.2) is 71.9 Å². The lowest BCUT2D eigenvalue weighted by molar-refractivity contribution is -0.132. The van der Waals surface area contributed by atoms with E-state index in [0.29, 0.717) is 13.1 Å². The molecule has 0 aromatic heterocycles. The molecule has 1 fully saturated rings. The van der Waals surface area contributed by atoms with Gasteiger partial charge in [-0.2, -0.15) is 0 Å². The smallest absolute Gasteiger partial charge is 0.332 e. The number of aliphatic hydroxyl groups is 1. The van der Waals surface area contributed by atoms with Gasteiger partial charge < -0.3 is 10.2 Å². The Bertz CT molecular complexity index is 235. The number of aliphatic hydroxyl groups excluding tert-OH is 1. The second kappa shape index (κ2) is 5.85. The number of β-amino-alcohol motifs (C(OH)–C–C–N with tert-alkyl or cyclic N) is 1. The van der Waals surface area contributed by atoms with Gasteiger partial charge in [0.05, 0.1) is 6.61 Å². The van der Waals surface area contributed by atoms with Gasteiger partial charge in [-0.25, -0.2) is 4.79 Å². The summed E-state index contributed by atoms with van der Waals surface area (Å²) in [5.74, 6) is -0.923. The van der Waals surface area contributed by atoms with Crippen LogP contribution in [0.15, 0.2) is 12.2 Å². The molecule has 15 heavy (non-hydrogen) atoms. The number of hydrogen-bond acceptors (Lipinski definition) is 4. The summed E-state index contributed by atoms with van der Waals surface area (Å²) in [5.41, 5.74) is 0.241. The van der Waals surface area contributed by atoms with E-state index in [2.05, 4.69) is 16.4 Å². The molecule has 0 atom stereocenters. The quantitative estimate of drug-likeness (QED) is 0.589. The minimum atomic E-state index is -0.923. The largest absolute Gasteiger partial charge is 0.478 e. The summed E-state index contributed by atoms with van der Waals surface area (Å²) in [7, 11) is 0. The van der Waals surface area contributed by atoms with Crippen molar-refractivity contribution < 1.29 is 15.0 Å². The Kier molecular flexibility index (Phi) is 4.74. The number of hydrogen-bond donors (Lipinski definition) is 2. The Morgan fingerprint density at radius 1 is 1.20 bits per heavy atom. The van der Waals surface area contributed by atoms with Crippen LogP contribution in [0.2, 0.25) is 0 Å². The molecule has 86 valence electrons. The molecule has 0 aliphatic carbocycles. The molecule has 0 bridgehead atoms. The van der Waals surface area contributed by atoms with E-state index in [-0.39, 0.29) is 12.2 Å². The Morgan fingerprint density at radius 2 is 1.73 bits per heavy atom. The molecule has 0 radical (unpaired) electrons. The standard InChI is InChI=1S/C10H18N2O3/c1-9(10(14)15)8-12-4-2-11(3-5-12)6-7-13/h13H,1-8H2,(H,14,15). The van der Waals surface area contributed by atoms with Crippen molar-refractivity contribution in [2.24, 2.45) is 0 Å². The number of piperazine rings is 1. The molecule has 1 aliphatic heterocycles. The minimum absolute atomic E-state index is 0.182. The summed E-state index contributed by atoms with van der Waals surface area (Å²) in [6.45, 7) is 8.27. The van der Waals surface area contributed by atoms with Gasteiger partial charge in [0.25, 0.3) is 0 Å². The molecular formula is C10H18N2O3. The highest BCUT2D eigenvalue weighted by Gasteiger charge is 2.18. The topological polar surface area (TPSA) is 64.0 Å². The number of carboxylic acids is 1. The van der Waals surface area contributed by atoms with E-state index >= 15 is 0 Å². The fourth-order valence-electron chi connectivity index (χ4n) is 1.65. The summed E-state index contributed by atoms with van der Waals surface area (Å²) in [6, 6.07) is 0. The van der Waals surface area contributed by atoms with Crippen LogP contribution in [0.25, 0.3) is 0 Å². The highest BCUT2D eigenvalue weighted by atomic mass is 16.4. The summed E-state index contributed by atoms with van der Waals surface area (Å²) >= 11 is 0. The Balaban J connectivity index is 2.25. The molecule has 0 saturated carbocycles. The molecule has 0 aromatic rings. The zero-order chi connectivity index (χ0) is 11.3. The monoisotopic (exact) mass is 214 g/mol. The van der Waals surface area contributed by atoms with Gasteiger partial charge in [-0.3, -0.25) is 9.80 Å². The Labute approximate surface area is 89.6 Å². The highest BCUT2D eigenvalue weighted by Crippen LogP contribution is 2.04. The maximum absolute atomic E-state index is 10.6. The first-order valence-corrected chi connectivity index (χ1v) is 5.10. The molecule has 0 spiro atoms. The molecule has 0 amide bonds. The van der Waals surface area contributed by atoms with Gasteiger partial charge >= 0.3 is 5.97 Å². The normalized spacial score (nSPS) is 19.0. The lowest BCUT2D eigenvalue weighted by Crippen LogP contribution is -2.47. The zero-order valence-electron chi connectivity index (χ0n) is 8.85. The second-order valence-electron chi connectivity index (χ2n) is 3.75. The summed E-state index contributed by atoms with van der Waals surface area (Å²) < 4.78 is 0. The van der Waals surface area contributed by atoms with Crippen molar-refractivity contribution in [3.05, 3.63) is 12.2 Å². The van der Waals surface area contributed by atoms with E-state index in [4.69, 9.17) is 10.2 Å². The number of nitrogens with zero attached hydrogens (tertiary/aromatic N) is 2. The molecule has 2 N–H and O–H groups in total. The third kappa shape index (κ3) is 3.99. The van der Waals surface area contributed by atoms with Crippen molar-refractivity contribution in [3.63, 3.8) is 0 Å². The predicted octanol–water partition coefficient (Wildman–Crippen LogP) is -0.763. The third-order valence-electron chi connectivity index (χ3n) is 2.60. The van der Waals surface area contributed by atoms with Gasteiger partial charge in [0, 0.05) is 44.8 Å². The summed E-state index contributed by atoms with van der Waals surface area (Å²) in [6.07, 6.45) is 0. The first-order valence-electron chi connectivity index (χ1n) is 5.10. The zero-order valence-corrected chi connectivity index (χ0v) is 8.85. The molecular weight excluding hydrogens is 196 g/mol. The molecule has 5 heteroatoms. The van der Waals surface area contributed by atoms with Gasteiger partial charge in [0.15, 0.2) is 0 Å². The van der Waals surface area contributed by atoms with Crippen LogP contribution >= 0.6 is 0 Å². The van der Waals surface area contributed by atoms with Crippen molar-refractivity contribution in [2.75, 3.05) is 45.9 Å². The van der Waals surface area contributed by atoms with Crippen LogP contribution < -0.4 is 0 Å². The van der Waals surface area contributed by atoms with Crippen LogP contribution in [0.1, 0.15) is 0 Å². The molecule has 1 aliphatic rings. The van der Waals surface area contributed by atoms with Crippen molar-refractivity contribution in [1.82, 2.24) is 9.80 Å². The van der Waals surface area contributed by atoms with Gasteiger partial charge in [-0.1, -0.05) is 6.58 Å². The predicted molar refractivity (Wildman–Crippen MR) is 56.7 cm³/mol. The van der Waals surface area contributed by atoms with Crippen molar-refractivity contribution in [2.45, 2.75) is 0 Å². The van der Waals surface area contributed by atoms with Crippen molar-refractivity contribution in [1.29, 1.82) is 0 Å². The number of carboxylic acid groups (broad SMARTS) is 1. The maximum Gasteiger partial charge on any atom is 0.332 e. The van der Waals surface area contributed by atoms with Crippen LogP contribution in [0, 0.1) is 0 Å². The third-order valence-corrected chi connectivity index (χ3v) is 2.60. The van der Waals surface area contributed by atoms with E-state index in [1.807, 2.05) is 0 Å². The summed E-state index contributed by atoms with van der Waals surface area (Å²) in [4.78, 5) is 14.8. The van der Waals surface area contributed by atoms with E-state index in [1.165, 1.54) is 0 Å². The lowest BCUT2D eigenvalue weighted by atomic mass is 10.2. The minimum Gasteiger partial charge on any atom is -0.478 e. The second-order valence-corrected chi connectivity index (χ2v) is 3.75. The van der Waals surface area contributed by atoms with Gasteiger partial charge in [0.1, 0.15) is 0 Å².